The highest BCUT2D eigenvalue weighted by atomic mass is 32.1. The van der Waals surface area contributed by atoms with E-state index in [0.717, 1.165) is 5.69 Å². The van der Waals surface area contributed by atoms with E-state index in [1.165, 1.54) is 21.5 Å². The van der Waals surface area contributed by atoms with Crippen LogP contribution in [-0.4, -0.2) is 16.1 Å². The SMILES string of the molecule is Cc1cc(C(C)Nc2ccnc(C(=O)O)c2)c(C)s1. The molecule has 0 aromatic carbocycles. The summed E-state index contributed by atoms with van der Waals surface area (Å²) in [5.74, 6) is -1.01. The molecule has 0 aliphatic carbocycles. The molecule has 2 rings (SSSR count). The van der Waals surface area contributed by atoms with Crippen molar-refractivity contribution in [3.05, 3.63) is 45.4 Å². The first-order valence-electron chi connectivity index (χ1n) is 6.00. The Morgan fingerprint density at radius 2 is 2.16 bits per heavy atom. The van der Waals surface area contributed by atoms with E-state index in [-0.39, 0.29) is 11.7 Å². The molecule has 0 aliphatic rings. The molecule has 0 saturated carbocycles. The maximum absolute atomic E-state index is 10.9. The van der Waals surface area contributed by atoms with Gasteiger partial charge in [0.2, 0.25) is 0 Å². The number of nitrogens with one attached hydrogen (secondary N) is 1. The van der Waals surface area contributed by atoms with Crippen LogP contribution in [-0.2, 0) is 0 Å². The van der Waals surface area contributed by atoms with Crippen LogP contribution in [0.25, 0.3) is 0 Å². The molecule has 2 aromatic heterocycles. The van der Waals surface area contributed by atoms with Crippen LogP contribution < -0.4 is 5.32 Å². The predicted octanol–water partition coefficient (Wildman–Crippen LogP) is 3.63. The molecule has 2 N–H and O–H groups in total. The highest BCUT2D eigenvalue weighted by Crippen LogP contribution is 2.28. The molecule has 1 unspecified atom stereocenters. The van der Waals surface area contributed by atoms with Gasteiger partial charge in [0.15, 0.2) is 0 Å². The Kier molecular flexibility index (Phi) is 3.85. The predicted molar refractivity (Wildman–Crippen MR) is 77.0 cm³/mol. The number of carboxylic acids is 1. The first-order chi connectivity index (χ1) is 8.97. The number of carboxylic acid groups (broad SMARTS) is 1. The molecular formula is C14H16N2O2S. The number of aromatic carboxylic acids is 1. The standard InChI is InChI=1S/C14H16N2O2S/c1-8-6-12(10(3)19-8)9(2)16-11-4-5-15-13(7-11)14(17)18/h4-7,9H,1-3H3,(H,15,16)(H,17,18). The summed E-state index contributed by atoms with van der Waals surface area (Å²) in [6.07, 6.45) is 1.50. The monoisotopic (exact) mass is 276 g/mol. The zero-order valence-electron chi connectivity index (χ0n) is 11.1. The third-order valence-corrected chi connectivity index (χ3v) is 3.89. The zero-order valence-corrected chi connectivity index (χ0v) is 11.9. The van der Waals surface area contributed by atoms with Gasteiger partial charge >= 0.3 is 5.97 Å². The lowest BCUT2D eigenvalue weighted by molar-refractivity contribution is 0.0690. The fourth-order valence-electron chi connectivity index (χ4n) is 2.05. The van der Waals surface area contributed by atoms with Gasteiger partial charge < -0.3 is 10.4 Å². The minimum atomic E-state index is -1.01. The molecule has 19 heavy (non-hydrogen) atoms. The van der Waals surface area contributed by atoms with Crippen molar-refractivity contribution in [2.75, 3.05) is 5.32 Å². The van der Waals surface area contributed by atoms with Crippen molar-refractivity contribution in [1.82, 2.24) is 4.98 Å². The van der Waals surface area contributed by atoms with Gasteiger partial charge in [0.1, 0.15) is 5.69 Å². The van der Waals surface area contributed by atoms with Crippen LogP contribution in [0.1, 0.15) is 38.8 Å². The molecular weight excluding hydrogens is 260 g/mol. The van der Waals surface area contributed by atoms with Crippen molar-refractivity contribution in [1.29, 1.82) is 0 Å². The first kappa shape index (κ1) is 13.5. The highest BCUT2D eigenvalue weighted by Gasteiger charge is 2.12. The summed E-state index contributed by atoms with van der Waals surface area (Å²) >= 11 is 1.77. The molecule has 100 valence electrons. The van der Waals surface area contributed by atoms with Crippen LogP contribution >= 0.6 is 11.3 Å². The quantitative estimate of drug-likeness (QED) is 0.895. The largest absolute Gasteiger partial charge is 0.477 e. The molecule has 0 bridgehead atoms. The summed E-state index contributed by atoms with van der Waals surface area (Å²) in [6, 6.07) is 5.62. The number of hydrogen-bond acceptors (Lipinski definition) is 4. The van der Waals surface area contributed by atoms with Crippen LogP contribution in [0.4, 0.5) is 5.69 Å². The van der Waals surface area contributed by atoms with Crippen molar-refractivity contribution in [2.24, 2.45) is 0 Å². The Labute approximate surface area is 116 Å². The third kappa shape index (κ3) is 3.12. The lowest BCUT2D eigenvalue weighted by atomic mass is 10.1. The molecule has 0 fully saturated rings. The molecule has 0 radical (unpaired) electrons. The van der Waals surface area contributed by atoms with Crippen molar-refractivity contribution in [3.63, 3.8) is 0 Å². The van der Waals surface area contributed by atoms with Gasteiger partial charge in [0.05, 0.1) is 0 Å². The number of carbonyl (C=O) groups is 1. The topological polar surface area (TPSA) is 62.2 Å². The number of rotatable bonds is 4. The smallest absolute Gasteiger partial charge is 0.354 e. The minimum Gasteiger partial charge on any atom is -0.477 e. The summed E-state index contributed by atoms with van der Waals surface area (Å²) in [4.78, 5) is 17.2. The van der Waals surface area contributed by atoms with Crippen LogP contribution in [0.3, 0.4) is 0 Å². The number of thiophene rings is 1. The Morgan fingerprint density at radius 1 is 1.42 bits per heavy atom. The van der Waals surface area contributed by atoms with E-state index in [1.54, 1.807) is 23.5 Å². The van der Waals surface area contributed by atoms with E-state index < -0.39 is 5.97 Å². The Hall–Kier alpha value is -1.88. The second-order valence-electron chi connectivity index (χ2n) is 4.47. The average Bonchev–Trinajstić information content (AvgIpc) is 2.69. The number of nitrogens with zero attached hydrogens (tertiary/aromatic N) is 1. The molecule has 0 spiro atoms. The van der Waals surface area contributed by atoms with Crippen molar-refractivity contribution >= 4 is 23.0 Å². The zero-order chi connectivity index (χ0) is 14.0. The van der Waals surface area contributed by atoms with Gasteiger partial charge in [0.25, 0.3) is 0 Å². The lowest BCUT2D eigenvalue weighted by Gasteiger charge is -2.15. The number of pyridine rings is 1. The number of aryl methyl sites for hydroxylation is 2. The molecule has 2 aromatic rings. The Balaban J connectivity index is 2.19. The van der Waals surface area contributed by atoms with E-state index >= 15 is 0 Å². The van der Waals surface area contributed by atoms with Crippen molar-refractivity contribution in [3.8, 4) is 0 Å². The van der Waals surface area contributed by atoms with Gasteiger partial charge in [-0.05, 0) is 44.5 Å². The molecule has 0 saturated heterocycles. The number of anilines is 1. The fourth-order valence-corrected chi connectivity index (χ4v) is 3.07. The van der Waals surface area contributed by atoms with E-state index in [2.05, 4.69) is 37.1 Å². The van der Waals surface area contributed by atoms with Gasteiger partial charge in [0, 0.05) is 27.7 Å². The molecule has 0 amide bonds. The lowest BCUT2D eigenvalue weighted by Crippen LogP contribution is -2.08. The van der Waals surface area contributed by atoms with Crippen molar-refractivity contribution in [2.45, 2.75) is 26.8 Å². The van der Waals surface area contributed by atoms with E-state index in [9.17, 15) is 4.79 Å². The minimum absolute atomic E-state index is 0.0513. The molecule has 1 atom stereocenters. The maximum atomic E-state index is 10.9. The van der Waals surface area contributed by atoms with Crippen LogP contribution in [0.2, 0.25) is 0 Å². The summed E-state index contributed by atoms with van der Waals surface area (Å²) in [5.41, 5.74) is 2.06. The second kappa shape index (κ2) is 5.40. The van der Waals surface area contributed by atoms with E-state index in [4.69, 9.17) is 5.11 Å². The van der Waals surface area contributed by atoms with Crippen LogP contribution in [0, 0.1) is 13.8 Å². The Bertz CT molecular complexity index is 607. The van der Waals surface area contributed by atoms with Gasteiger partial charge in [-0.15, -0.1) is 11.3 Å². The van der Waals surface area contributed by atoms with Gasteiger partial charge in [-0.3, -0.25) is 0 Å². The number of aromatic nitrogens is 1. The van der Waals surface area contributed by atoms with Gasteiger partial charge in [-0.25, -0.2) is 9.78 Å². The first-order valence-corrected chi connectivity index (χ1v) is 6.82. The molecule has 2 heterocycles. The van der Waals surface area contributed by atoms with E-state index in [0.29, 0.717) is 0 Å². The molecule has 4 nitrogen and oxygen atoms in total. The normalized spacial score (nSPS) is 12.2. The summed E-state index contributed by atoms with van der Waals surface area (Å²) in [5, 5.41) is 12.2. The fraction of sp³-hybridized carbons (Fsp3) is 0.286. The number of hydrogen-bond donors (Lipinski definition) is 2. The second-order valence-corrected chi connectivity index (χ2v) is 5.93. The van der Waals surface area contributed by atoms with Crippen LogP contribution in [0.15, 0.2) is 24.4 Å². The summed E-state index contributed by atoms with van der Waals surface area (Å²) in [7, 11) is 0. The maximum Gasteiger partial charge on any atom is 0.354 e. The third-order valence-electron chi connectivity index (χ3n) is 2.91. The average molecular weight is 276 g/mol. The van der Waals surface area contributed by atoms with E-state index in [1.807, 2.05) is 0 Å². The highest BCUT2D eigenvalue weighted by molar-refractivity contribution is 7.12. The Morgan fingerprint density at radius 3 is 2.74 bits per heavy atom. The van der Waals surface area contributed by atoms with Gasteiger partial charge in [-0.1, -0.05) is 0 Å². The molecule has 0 aliphatic heterocycles. The summed E-state index contributed by atoms with van der Waals surface area (Å²) in [6.45, 7) is 6.25. The van der Waals surface area contributed by atoms with Gasteiger partial charge in [-0.2, -0.15) is 0 Å². The van der Waals surface area contributed by atoms with Crippen molar-refractivity contribution < 1.29 is 9.90 Å². The summed E-state index contributed by atoms with van der Waals surface area (Å²) < 4.78 is 0. The van der Waals surface area contributed by atoms with Crippen LogP contribution in [0.5, 0.6) is 0 Å². The molecule has 5 heteroatoms.